The average molecular weight is 1060 g/mol. The number of unbranched alkanes of at least 4 members (excludes halogenated alkanes) is 43. The van der Waals surface area contributed by atoms with Crippen LogP contribution in [0.3, 0.4) is 0 Å². The Morgan fingerprint density at radius 2 is 0.658 bits per heavy atom. The second kappa shape index (κ2) is 65.1. The minimum absolute atomic E-state index is 0.00215. The van der Waals surface area contributed by atoms with E-state index in [4.69, 9.17) is 4.74 Å². The molecule has 0 aromatic rings. The monoisotopic (exact) mass is 1060 g/mol. The maximum absolute atomic E-state index is 12.5. The summed E-state index contributed by atoms with van der Waals surface area (Å²) in [7, 11) is 0. The first-order valence-corrected chi connectivity index (χ1v) is 33.6. The Balaban J connectivity index is 3.44. The zero-order valence-corrected chi connectivity index (χ0v) is 50.7. The van der Waals surface area contributed by atoms with Gasteiger partial charge >= 0.3 is 5.97 Å². The van der Waals surface area contributed by atoms with Crippen LogP contribution >= 0.6 is 0 Å². The molecule has 2 atom stereocenters. The number of rotatable bonds is 62. The SMILES string of the molecule is CCCCC/C=C\C/C=C\CCCCCCCCCC(=O)OCCCCCCCCCCC/C=C\C/C=C\CCCCCCCCCCCCCC(=O)NC(CO)C(O)/C=C/CCCCCCCCCCCCCCC. The number of hydrogen-bond donors (Lipinski definition) is 3. The standard InChI is InChI=1S/C70H129NO5/c1-3-5-7-9-11-13-15-17-19-31-36-40-44-48-52-56-60-64-70(75)76-65-61-57-53-49-45-41-37-33-30-28-26-24-22-20-21-23-25-27-29-32-35-39-43-47-51-55-59-63-69(74)71-67(66-72)68(73)62-58-54-50-46-42-38-34-18-16-14-12-10-8-6-4-2/h11,13,17,19-21,24,26,58,62,67-68,72-73H,3-10,12,14-16,18,22-23,25,27-57,59-61,63-66H2,1-2H3,(H,71,74)/b13-11-,19-17-,21-20-,26-24-,62-58+. The van der Waals surface area contributed by atoms with Crippen LogP contribution in [0.5, 0.6) is 0 Å². The van der Waals surface area contributed by atoms with Gasteiger partial charge in [-0.3, -0.25) is 9.59 Å². The molecule has 6 nitrogen and oxygen atoms in total. The van der Waals surface area contributed by atoms with E-state index in [0.29, 0.717) is 19.4 Å². The lowest BCUT2D eigenvalue weighted by Crippen LogP contribution is -2.45. The number of amides is 1. The van der Waals surface area contributed by atoms with Crippen molar-refractivity contribution in [2.24, 2.45) is 0 Å². The molecule has 0 aliphatic heterocycles. The molecule has 0 rings (SSSR count). The van der Waals surface area contributed by atoms with Gasteiger partial charge in [-0.05, 0) is 96.3 Å². The molecule has 0 bridgehead atoms. The molecule has 0 spiro atoms. The van der Waals surface area contributed by atoms with Crippen molar-refractivity contribution < 1.29 is 24.5 Å². The van der Waals surface area contributed by atoms with Crippen LogP contribution in [0.4, 0.5) is 0 Å². The van der Waals surface area contributed by atoms with Gasteiger partial charge in [0.1, 0.15) is 0 Å². The van der Waals surface area contributed by atoms with Crippen LogP contribution in [-0.2, 0) is 14.3 Å². The lowest BCUT2D eigenvalue weighted by atomic mass is 10.0. The third kappa shape index (κ3) is 60.8. The number of carbonyl (C=O) groups is 2. The molecule has 0 saturated heterocycles. The van der Waals surface area contributed by atoms with Crippen molar-refractivity contribution in [1.82, 2.24) is 5.32 Å². The Morgan fingerprint density at radius 1 is 0.368 bits per heavy atom. The highest BCUT2D eigenvalue weighted by molar-refractivity contribution is 5.76. The second-order valence-corrected chi connectivity index (χ2v) is 22.8. The highest BCUT2D eigenvalue weighted by Crippen LogP contribution is 2.17. The van der Waals surface area contributed by atoms with Crippen LogP contribution in [0.2, 0.25) is 0 Å². The van der Waals surface area contributed by atoms with E-state index in [0.717, 1.165) is 57.8 Å². The molecule has 76 heavy (non-hydrogen) atoms. The first-order valence-electron chi connectivity index (χ1n) is 33.6. The maximum atomic E-state index is 12.5. The number of esters is 1. The van der Waals surface area contributed by atoms with Gasteiger partial charge < -0.3 is 20.3 Å². The minimum Gasteiger partial charge on any atom is -0.466 e. The van der Waals surface area contributed by atoms with Gasteiger partial charge in [-0.2, -0.15) is 0 Å². The summed E-state index contributed by atoms with van der Waals surface area (Å²) in [5.41, 5.74) is 0. The fraction of sp³-hybridized carbons (Fsp3) is 0.829. The molecule has 0 saturated carbocycles. The van der Waals surface area contributed by atoms with E-state index >= 15 is 0 Å². The summed E-state index contributed by atoms with van der Waals surface area (Å²) < 4.78 is 5.49. The summed E-state index contributed by atoms with van der Waals surface area (Å²) in [6, 6.07) is -0.631. The molecule has 6 heteroatoms. The first-order chi connectivity index (χ1) is 37.5. The minimum atomic E-state index is -0.847. The summed E-state index contributed by atoms with van der Waals surface area (Å²) in [6.07, 6.45) is 85.6. The van der Waals surface area contributed by atoms with Crippen molar-refractivity contribution in [1.29, 1.82) is 0 Å². The number of aliphatic hydroxyl groups excluding tert-OH is 2. The van der Waals surface area contributed by atoms with Crippen LogP contribution < -0.4 is 5.32 Å². The van der Waals surface area contributed by atoms with Crippen molar-refractivity contribution >= 4 is 11.9 Å². The zero-order valence-electron chi connectivity index (χ0n) is 50.7. The quantitative estimate of drug-likeness (QED) is 0.0320. The van der Waals surface area contributed by atoms with E-state index in [9.17, 15) is 19.8 Å². The summed E-state index contributed by atoms with van der Waals surface area (Å²) in [4.78, 5) is 24.6. The second-order valence-electron chi connectivity index (χ2n) is 22.8. The van der Waals surface area contributed by atoms with Crippen molar-refractivity contribution in [3.05, 3.63) is 60.8 Å². The third-order valence-electron chi connectivity index (χ3n) is 15.3. The molecule has 1 amide bonds. The summed E-state index contributed by atoms with van der Waals surface area (Å²) in [5.74, 6) is -0.0683. The lowest BCUT2D eigenvalue weighted by Gasteiger charge is -2.20. The molecule has 3 N–H and O–H groups in total. The van der Waals surface area contributed by atoms with E-state index in [1.54, 1.807) is 6.08 Å². The Kier molecular flexibility index (Phi) is 63.0. The van der Waals surface area contributed by atoms with Crippen LogP contribution in [0, 0.1) is 0 Å². The number of carbonyl (C=O) groups excluding carboxylic acids is 2. The molecular weight excluding hydrogens is 935 g/mol. The molecule has 2 unspecified atom stereocenters. The van der Waals surface area contributed by atoms with Gasteiger partial charge in [0.15, 0.2) is 0 Å². The molecule has 0 aromatic heterocycles. The number of nitrogens with one attached hydrogen (secondary N) is 1. The van der Waals surface area contributed by atoms with Gasteiger partial charge in [0.05, 0.1) is 25.4 Å². The largest absolute Gasteiger partial charge is 0.466 e. The van der Waals surface area contributed by atoms with Crippen molar-refractivity contribution in [2.45, 2.75) is 360 Å². The fourth-order valence-corrected chi connectivity index (χ4v) is 10.1. The van der Waals surface area contributed by atoms with Crippen LogP contribution in [0.15, 0.2) is 60.8 Å². The highest BCUT2D eigenvalue weighted by atomic mass is 16.5. The maximum Gasteiger partial charge on any atom is 0.305 e. The molecule has 0 fully saturated rings. The van der Waals surface area contributed by atoms with Gasteiger partial charge in [-0.15, -0.1) is 0 Å². The molecule has 0 aliphatic rings. The topological polar surface area (TPSA) is 95.9 Å². The Morgan fingerprint density at radius 3 is 1.03 bits per heavy atom. The summed E-state index contributed by atoms with van der Waals surface area (Å²) in [6.45, 7) is 4.88. The van der Waals surface area contributed by atoms with Gasteiger partial charge in [-0.25, -0.2) is 0 Å². The predicted octanol–water partition coefficient (Wildman–Crippen LogP) is 21.5. The van der Waals surface area contributed by atoms with Gasteiger partial charge in [0.25, 0.3) is 0 Å². The van der Waals surface area contributed by atoms with Crippen molar-refractivity contribution in [3.63, 3.8) is 0 Å². The highest BCUT2D eigenvalue weighted by Gasteiger charge is 2.18. The molecule has 0 aliphatic carbocycles. The number of allylic oxidation sites excluding steroid dienone is 9. The normalized spacial score (nSPS) is 12.9. The Hall–Kier alpha value is -2.44. The Bertz CT molecular complexity index is 1320. The van der Waals surface area contributed by atoms with Crippen molar-refractivity contribution in [2.75, 3.05) is 13.2 Å². The molecule has 0 aromatic carbocycles. The summed E-state index contributed by atoms with van der Waals surface area (Å²) >= 11 is 0. The van der Waals surface area contributed by atoms with E-state index in [1.807, 2.05) is 6.08 Å². The van der Waals surface area contributed by atoms with Crippen LogP contribution in [0.1, 0.15) is 348 Å². The lowest BCUT2D eigenvalue weighted by molar-refractivity contribution is -0.143. The van der Waals surface area contributed by atoms with Crippen molar-refractivity contribution in [3.8, 4) is 0 Å². The number of aliphatic hydroxyl groups is 2. The van der Waals surface area contributed by atoms with E-state index in [1.165, 1.54) is 263 Å². The summed E-state index contributed by atoms with van der Waals surface area (Å²) in [5, 5.41) is 23.1. The zero-order chi connectivity index (χ0) is 55.0. The van der Waals surface area contributed by atoms with E-state index in [-0.39, 0.29) is 18.5 Å². The molecule has 0 heterocycles. The average Bonchev–Trinajstić information content (AvgIpc) is 3.42. The molecule has 444 valence electrons. The fourth-order valence-electron chi connectivity index (χ4n) is 10.1. The third-order valence-corrected chi connectivity index (χ3v) is 15.3. The number of ether oxygens (including phenoxy) is 1. The Labute approximate surface area is 473 Å². The van der Waals surface area contributed by atoms with Gasteiger partial charge in [0.2, 0.25) is 5.91 Å². The predicted molar refractivity (Wildman–Crippen MR) is 333 cm³/mol. The van der Waals surface area contributed by atoms with Crippen LogP contribution in [-0.4, -0.2) is 47.4 Å². The molecule has 0 radical (unpaired) electrons. The van der Waals surface area contributed by atoms with E-state index in [2.05, 4.69) is 67.8 Å². The first kappa shape index (κ1) is 73.6. The van der Waals surface area contributed by atoms with E-state index < -0.39 is 12.1 Å². The van der Waals surface area contributed by atoms with Gasteiger partial charge in [-0.1, -0.05) is 299 Å². The molecular formula is C70H129NO5. The number of hydrogen-bond acceptors (Lipinski definition) is 5. The smallest absolute Gasteiger partial charge is 0.305 e. The van der Waals surface area contributed by atoms with Gasteiger partial charge in [0, 0.05) is 12.8 Å². The van der Waals surface area contributed by atoms with Crippen LogP contribution in [0.25, 0.3) is 0 Å².